The van der Waals surface area contributed by atoms with Gasteiger partial charge in [-0.3, -0.25) is 9.69 Å². The van der Waals surface area contributed by atoms with Crippen LogP contribution in [0.5, 0.6) is 0 Å². The van der Waals surface area contributed by atoms with E-state index in [1.165, 1.54) is 0 Å². The van der Waals surface area contributed by atoms with Crippen molar-refractivity contribution in [2.45, 2.75) is 32.2 Å². The summed E-state index contributed by atoms with van der Waals surface area (Å²) in [6.45, 7) is 4.19. The van der Waals surface area contributed by atoms with Crippen LogP contribution in [0.15, 0.2) is 0 Å². The summed E-state index contributed by atoms with van der Waals surface area (Å²) in [6, 6.07) is -0.117. The average molecular weight is 201 g/mol. The zero-order valence-electron chi connectivity index (χ0n) is 8.74. The molecular formula is C10H19NO3. The molecule has 4 nitrogen and oxygen atoms in total. The van der Waals surface area contributed by atoms with Gasteiger partial charge in [0.15, 0.2) is 0 Å². The molecule has 1 fully saturated rings. The number of unbranched alkanes of at least 4 members (excludes halogenated alkanes) is 1. The maximum absolute atomic E-state index is 11.3. The summed E-state index contributed by atoms with van der Waals surface area (Å²) in [5.74, 6) is -0.130. The van der Waals surface area contributed by atoms with Gasteiger partial charge in [-0.05, 0) is 13.0 Å². The maximum Gasteiger partial charge on any atom is 0.323 e. The molecule has 0 aromatic heterocycles. The third kappa shape index (κ3) is 2.96. The van der Waals surface area contributed by atoms with Crippen LogP contribution >= 0.6 is 0 Å². The fourth-order valence-corrected chi connectivity index (χ4v) is 1.73. The molecule has 0 aliphatic carbocycles. The lowest BCUT2D eigenvalue weighted by molar-refractivity contribution is -0.142. The van der Waals surface area contributed by atoms with Gasteiger partial charge >= 0.3 is 5.97 Å². The van der Waals surface area contributed by atoms with Crippen LogP contribution in [0.25, 0.3) is 0 Å². The summed E-state index contributed by atoms with van der Waals surface area (Å²) >= 11 is 0. The second-order valence-corrected chi connectivity index (χ2v) is 3.59. The first kappa shape index (κ1) is 11.5. The van der Waals surface area contributed by atoms with Gasteiger partial charge in [-0.15, -0.1) is 0 Å². The van der Waals surface area contributed by atoms with Gasteiger partial charge in [0.05, 0.1) is 13.2 Å². The Labute approximate surface area is 84.8 Å². The lowest BCUT2D eigenvalue weighted by atomic mass is 10.2. The Morgan fingerprint density at radius 1 is 1.57 bits per heavy atom. The highest BCUT2D eigenvalue weighted by molar-refractivity contribution is 5.77. The monoisotopic (exact) mass is 201 g/mol. The van der Waals surface area contributed by atoms with Crippen molar-refractivity contribution in [3.05, 3.63) is 0 Å². The molecule has 0 bridgehead atoms. The van der Waals surface area contributed by atoms with Gasteiger partial charge in [0.1, 0.15) is 6.04 Å². The molecule has 1 N–H and O–H groups in total. The number of nitrogens with zero attached hydrogens (tertiary/aromatic N) is 1. The molecule has 1 atom stereocenters. The molecule has 1 aliphatic rings. The minimum Gasteiger partial charge on any atom is -0.464 e. The smallest absolute Gasteiger partial charge is 0.323 e. The number of carbonyl (C=O) groups excluding carboxylic acids is 1. The highest BCUT2D eigenvalue weighted by atomic mass is 16.5. The zero-order valence-corrected chi connectivity index (χ0v) is 8.74. The van der Waals surface area contributed by atoms with E-state index in [9.17, 15) is 4.79 Å². The number of cyclic esters (lactones) is 1. The van der Waals surface area contributed by atoms with Crippen LogP contribution in [0.2, 0.25) is 0 Å². The van der Waals surface area contributed by atoms with Crippen molar-refractivity contribution in [1.29, 1.82) is 0 Å². The lowest BCUT2D eigenvalue weighted by Gasteiger charge is -2.24. The van der Waals surface area contributed by atoms with Crippen LogP contribution in [0, 0.1) is 0 Å². The van der Waals surface area contributed by atoms with Crippen molar-refractivity contribution in [3.63, 3.8) is 0 Å². The third-order valence-corrected chi connectivity index (χ3v) is 2.53. The van der Waals surface area contributed by atoms with E-state index in [1.54, 1.807) is 0 Å². The number of esters is 1. The molecule has 0 aromatic carbocycles. The summed E-state index contributed by atoms with van der Waals surface area (Å²) in [5, 5.41) is 8.89. The van der Waals surface area contributed by atoms with Crippen molar-refractivity contribution in [3.8, 4) is 0 Å². The minimum atomic E-state index is -0.130. The van der Waals surface area contributed by atoms with E-state index < -0.39 is 0 Å². The molecule has 4 heteroatoms. The zero-order chi connectivity index (χ0) is 10.4. The van der Waals surface area contributed by atoms with Crippen LogP contribution < -0.4 is 0 Å². The fourth-order valence-electron chi connectivity index (χ4n) is 1.73. The van der Waals surface area contributed by atoms with Gasteiger partial charge in [0, 0.05) is 13.0 Å². The average Bonchev–Trinajstić information content (AvgIpc) is 2.59. The Morgan fingerprint density at radius 2 is 2.36 bits per heavy atom. The molecule has 14 heavy (non-hydrogen) atoms. The van der Waals surface area contributed by atoms with E-state index in [-0.39, 0.29) is 18.6 Å². The second-order valence-electron chi connectivity index (χ2n) is 3.59. The summed E-state index contributed by atoms with van der Waals surface area (Å²) < 4.78 is 4.91. The van der Waals surface area contributed by atoms with Crippen LogP contribution in [0.1, 0.15) is 26.2 Å². The van der Waals surface area contributed by atoms with E-state index in [2.05, 4.69) is 6.92 Å². The van der Waals surface area contributed by atoms with Crippen molar-refractivity contribution < 1.29 is 14.6 Å². The Balaban J connectivity index is 2.43. The van der Waals surface area contributed by atoms with Gasteiger partial charge < -0.3 is 9.84 Å². The maximum atomic E-state index is 11.3. The summed E-state index contributed by atoms with van der Waals surface area (Å²) in [5.41, 5.74) is 0. The Hall–Kier alpha value is -0.610. The molecule has 1 rings (SSSR count). The SMILES string of the molecule is CCCCN(CCO)C1CCOC1=O. The number of carbonyl (C=O) groups is 1. The minimum absolute atomic E-state index is 0.105. The topological polar surface area (TPSA) is 49.8 Å². The van der Waals surface area contributed by atoms with Crippen LogP contribution in [0.4, 0.5) is 0 Å². The standard InChI is InChI=1S/C10H19NO3/c1-2-3-5-11(6-7-12)9-4-8-14-10(9)13/h9,12H,2-8H2,1H3. The van der Waals surface area contributed by atoms with Crippen LogP contribution in [0.3, 0.4) is 0 Å². The predicted octanol–water partition coefficient (Wildman–Crippen LogP) is 0.396. The molecular weight excluding hydrogens is 182 g/mol. The lowest BCUT2D eigenvalue weighted by Crippen LogP contribution is -2.40. The molecule has 1 aliphatic heterocycles. The summed E-state index contributed by atoms with van der Waals surface area (Å²) in [7, 11) is 0. The number of aliphatic hydroxyl groups is 1. The first-order valence-corrected chi connectivity index (χ1v) is 5.31. The number of aliphatic hydroxyl groups excluding tert-OH is 1. The molecule has 1 heterocycles. The van der Waals surface area contributed by atoms with E-state index in [1.807, 2.05) is 4.90 Å². The van der Waals surface area contributed by atoms with E-state index in [0.717, 1.165) is 25.8 Å². The van der Waals surface area contributed by atoms with Gasteiger partial charge in [0.2, 0.25) is 0 Å². The quantitative estimate of drug-likeness (QED) is 0.632. The molecule has 0 amide bonds. The van der Waals surface area contributed by atoms with Gasteiger partial charge in [-0.25, -0.2) is 0 Å². The highest BCUT2D eigenvalue weighted by Crippen LogP contribution is 2.14. The first-order valence-electron chi connectivity index (χ1n) is 5.31. The number of hydrogen-bond donors (Lipinski definition) is 1. The van der Waals surface area contributed by atoms with Gasteiger partial charge in [0.25, 0.3) is 0 Å². The van der Waals surface area contributed by atoms with E-state index in [4.69, 9.17) is 9.84 Å². The Kier molecular flexibility index (Phi) is 4.90. The Morgan fingerprint density at radius 3 is 2.86 bits per heavy atom. The summed E-state index contributed by atoms with van der Waals surface area (Å²) in [4.78, 5) is 13.3. The van der Waals surface area contributed by atoms with Crippen molar-refractivity contribution >= 4 is 5.97 Å². The van der Waals surface area contributed by atoms with Crippen molar-refractivity contribution in [2.24, 2.45) is 0 Å². The number of hydrogen-bond acceptors (Lipinski definition) is 4. The van der Waals surface area contributed by atoms with Crippen molar-refractivity contribution in [1.82, 2.24) is 4.90 Å². The molecule has 1 unspecified atom stereocenters. The van der Waals surface area contributed by atoms with E-state index in [0.29, 0.717) is 13.2 Å². The fraction of sp³-hybridized carbons (Fsp3) is 0.900. The molecule has 0 saturated carbocycles. The number of rotatable bonds is 6. The van der Waals surface area contributed by atoms with Gasteiger partial charge in [-0.1, -0.05) is 13.3 Å². The molecule has 0 aromatic rings. The highest BCUT2D eigenvalue weighted by Gasteiger charge is 2.31. The normalized spacial score (nSPS) is 21.6. The molecule has 0 radical (unpaired) electrons. The molecule has 1 saturated heterocycles. The third-order valence-electron chi connectivity index (χ3n) is 2.53. The Bertz CT molecular complexity index is 184. The van der Waals surface area contributed by atoms with Gasteiger partial charge in [-0.2, -0.15) is 0 Å². The van der Waals surface area contributed by atoms with Crippen molar-refractivity contribution in [2.75, 3.05) is 26.3 Å². The molecule has 0 spiro atoms. The first-order chi connectivity index (χ1) is 6.79. The summed E-state index contributed by atoms with van der Waals surface area (Å²) in [6.07, 6.45) is 2.93. The van der Waals surface area contributed by atoms with Crippen LogP contribution in [-0.4, -0.2) is 48.3 Å². The molecule has 82 valence electrons. The van der Waals surface area contributed by atoms with E-state index >= 15 is 0 Å². The largest absolute Gasteiger partial charge is 0.464 e. The predicted molar refractivity (Wildman–Crippen MR) is 52.9 cm³/mol. The second kappa shape index (κ2) is 5.98. The van der Waals surface area contributed by atoms with Crippen LogP contribution in [-0.2, 0) is 9.53 Å². The number of ether oxygens (including phenoxy) is 1.